The van der Waals surface area contributed by atoms with E-state index in [1.807, 2.05) is 31.2 Å². The molecule has 3 aromatic rings. The number of hydrogen-bond donors (Lipinski definition) is 2. The second kappa shape index (κ2) is 7.67. The van der Waals surface area contributed by atoms with Gasteiger partial charge in [-0.15, -0.1) is 0 Å². The molecule has 134 valence electrons. The van der Waals surface area contributed by atoms with Gasteiger partial charge in [-0.2, -0.15) is 5.26 Å². The number of hydrogen-bond acceptors (Lipinski definition) is 5. The van der Waals surface area contributed by atoms with Crippen LogP contribution in [0.15, 0.2) is 48.5 Å². The summed E-state index contributed by atoms with van der Waals surface area (Å²) in [5.41, 5.74) is 4.53. The van der Waals surface area contributed by atoms with Crippen LogP contribution in [0.1, 0.15) is 33.0 Å². The predicted octanol–water partition coefficient (Wildman–Crippen LogP) is 4.27. The first-order valence-electron chi connectivity index (χ1n) is 8.46. The molecular weight excluding hydrogens is 338 g/mol. The molecule has 3 rings (SSSR count). The van der Waals surface area contributed by atoms with Gasteiger partial charge in [-0.3, -0.25) is 4.79 Å². The van der Waals surface area contributed by atoms with Crippen LogP contribution in [0.5, 0.6) is 0 Å². The van der Waals surface area contributed by atoms with Crippen LogP contribution in [0.25, 0.3) is 0 Å². The van der Waals surface area contributed by atoms with E-state index in [-0.39, 0.29) is 11.6 Å². The fourth-order valence-electron chi connectivity index (χ4n) is 2.58. The Labute approximate surface area is 157 Å². The fourth-order valence-corrected chi connectivity index (χ4v) is 2.58. The Morgan fingerprint density at radius 3 is 2.52 bits per heavy atom. The summed E-state index contributed by atoms with van der Waals surface area (Å²) < 4.78 is 0. The molecule has 6 nitrogen and oxygen atoms in total. The summed E-state index contributed by atoms with van der Waals surface area (Å²) in [6.45, 7) is 5.83. The first kappa shape index (κ1) is 18.1. The molecule has 0 saturated heterocycles. The highest BCUT2D eigenvalue weighted by Gasteiger charge is 2.12. The minimum atomic E-state index is -0.362. The molecule has 0 aliphatic heterocycles. The second-order valence-electron chi connectivity index (χ2n) is 6.26. The molecule has 1 amide bonds. The summed E-state index contributed by atoms with van der Waals surface area (Å²) in [4.78, 5) is 21.1. The molecule has 0 unspecified atom stereocenters. The van der Waals surface area contributed by atoms with E-state index in [1.54, 1.807) is 37.3 Å². The summed E-state index contributed by atoms with van der Waals surface area (Å²) in [6, 6.07) is 16.4. The molecule has 0 radical (unpaired) electrons. The quantitative estimate of drug-likeness (QED) is 0.728. The van der Waals surface area contributed by atoms with E-state index in [2.05, 4.69) is 27.5 Å². The fraction of sp³-hybridized carbons (Fsp3) is 0.143. The van der Waals surface area contributed by atoms with Crippen molar-refractivity contribution in [3.8, 4) is 6.07 Å². The Morgan fingerprint density at radius 2 is 1.78 bits per heavy atom. The van der Waals surface area contributed by atoms with E-state index in [1.165, 1.54) is 11.1 Å². The predicted molar refractivity (Wildman–Crippen MR) is 105 cm³/mol. The highest BCUT2D eigenvalue weighted by molar-refractivity contribution is 6.03. The number of aryl methyl sites for hydroxylation is 3. The summed E-state index contributed by atoms with van der Waals surface area (Å²) >= 11 is 0. The van der Waals surface area contributed by atoms with Crippen molar-refractivity contribution in [3.63, 3.8) is 0 Å². The minimum Gasteiger partial charge on any atom is -0.340 e. The standard InChI is InChI=1S/C21H19N5O/c1-13-7-8-18(9-14(13)2)25-20-11-19(23-15(3)24-20)21(27)26-17-6-4-5-16(10-17)12-22/h4-11H,1-3H3,(H,26,27)(H,23,24,25). The highest BCUT2D eigenvalue weighted by atomic mass is 16.1. The van der Waals surface area contributed by atoms with Gasteiger partial charge in [-0.25, -0.2) is 9.97 Å². The minimum absolute atomic E-state index is 0.246. The Hall–Kier alpha value is -3.72. The van der Waals surface area contributed by atoms with Gasteiger partial charge in [-0.05, 0) is 62.2 Å². The van der Waals surface area contributed by atoms with Crippen molar-refractivity contribution in [2.24, 2.45) is 0 Å². The molecule has 0 atom stereocenters. The van der Waals surface area contributed by atoms with Crippen molar-refractivity contribution >= 4 is 23.1 Å². The van der Waals surface area contributed by atoms with Gasteiger partial charge < -0.3 is 10.6 Å². The Balaban J connectivity index is 1.82. The molecule has 0 spiro atoms. The van der Waals surface area contributed by atoms with Gasteiger partial charge in [0, 0.05) is 17.4 Å². The summed E-state index contributed by atoms with van der Waals surface area (Å²) in [5, 5.41) is 14.9. The molecule has 6 heteroatoms. The van der Waals surface area contributed by atoms with Crippen LogP contribution >= 0.6 is 0 Å². The van der Waals surface area contributed by atoms with Crippen LogP contribution in [0.2, 0.25) is 0 Å². The maximum absolute atomic E-state index is 12.6. The molecule has 0 aliphatic carbocycles. The molecule has 0 bridgehead atoms. The first-order valence-corrected chi connectivity index (χ1v) is 8.46. The number of carbonyl (C=O) groups is 1. The SMILES string of the molecule is Cc1nc(Nc2ccc(C)c(C)c2)cc(C(=O)Nc2cccc(C#N)c2)n1. The van der Waals surface area contributed by atoms with Crippen LogP contribution in [-0.2, 0) is 0 Å². The lowest BCUT2D eigenvalue weighted by Gasteiger charge is -2.10. The van der Waals surface area contributed by atoms with Gasteiger partial charge in [0.05, 0.1) is 11.6 Å². The molecule has 27 heavy (non-hydrogen) atoms. The Bertz CT molecular complexity index is 1050. The average Bonchev–Trinajstić information content (AvgIpc) is 2.64. The molecule has 1 heterocycles. The van der Waals surface area contributed by atoms with Crippen LogP contribution in [0.3, 0.4) is 0 Å². The van der Waals surface area contributed by atoms with Crippen molar-refractivity contribution in [1.29, 1.82) is 5.26 Å². The van der Waals surface area contributed by atoms with Gasteiger partial charge in [0.1, 0.15) is 17.3 Å². The maximum atomic E-state index is 12.6. The van der Waals surface area contributed by atoms with Gasteiger partial charge in [0.15, 0.2) is 0 Å². The monoisotopic (exact) mass is 357 g/mol. The van der Waals surface area contributed by atoms with Crippen LogP contribution in [0, 0.1) is 32.1 Å². The van der Waals surface area contributed by atoms with Gasteiger partial charge in [-0.1, -0.05) is 12.1 Å². The Morgan fingerprint density at radius 1 is 0.963 bits per heavy atom. The van der Waals surface area contributed by atoms with Crippen LogP contribution < -0.4 is 10.6 Å². The molecule has 0 aliphatic rings. The number of nitrogens with zero attached hydrogens (tertiary/aromatic N) is 3. The third-order valence-corrected chi connectivity index (χ3v) is 4.10. The van der Waals surface area contributed by atoms with Gasteiger partial charge >= 0.3 is 0 Å². The van der Waals surface area contributed by atoms with E-state index in [0.29, 0.717) is 22.9 Å². The van der Waals surface area contributed by atoms with Crippen molar-refractivity contribution in [2.75, 3.05) is 10.6 Å². The van der Waals surface area contributed by atoms with Gasteiger partial charge in [0.25, 0.3) is 5.91 Å². The average molecular weight is 357 g/mol. The molecule has 1 aromatic heterocycles. The maximum Gasteiger partial charge on any atom is 0.274 e. The van der Waals surface area contributed by atoms with E-state index in [0.717, 1.165) is 5.69 Å². The second-order valence-corrected chi connectivity index (χ2v) is 6.26. The van der Waals surface area contributed by atoms with Crippen LogP contribution in [0.4, 0.5) is 17.2 Å². The summed E-state index contributed by atoms with van der Waals surface area (Å²) in [6.07, 6.45) is 0. The molecular formula is C21H19N5O. The number of rotatable bonds is 4. The molecule has 0 fully saturated rings. The number of nitrogens with one attached hydrogen (secondary N) is 2. The lowest BCUT2D eigenvalue weighted by Crippen LogP contribution is -2.15. The number of aromatic nitrogens is 2. The van der Waals surface area contributed by atoms with E-state index in [9.17, 15) is 4.79 Å². The third-order valence-electron chi connectivity index (χ3n) is 4.10. The normalized spacial score (nSPS) is 10.1. The van der Waals surface area contributed by atoms with E-state index >= 15 is 0 Å². The zero-order valence-electron chi connectivity index (χ0n) is 15.4. The van der Waals surface area contributed by atoms with E-state index < -0.39 is 0 Å². The number of anilines is 3. The molecule has 2 N–H and O–H groups in total. The number of amides is 1. The molecule has 0 saturated carbocycles. The van der Waals surface area contributed by atoms with Crippen molar-refractivity contribution in [3.05, 3.63) is 76.7 Å². The third kappa shape index (κ3) is 4.47. The first-order chi connectivity index (χ1) is 12.9. The van der Waals surface area contributed by atoms with Gasteiger partial charge in [0.2, 0.25) is 0 Å². The smallest absolute Gasteiger partial charge is 0.274 e. The molecule has 2 aromatic carbocycles. The number of nitriles is 1. The van der Waals surface area contributed by atoms with Crippen molar-refractivity contribution in [2.45, 2.75) is 20.8 Å². The lowest BCUT2D eigenvalue weighted by atomic mass is 10.1. The lowest BCUT2D eigenvalue weighted by molar-refractivity contribution is 0.102. The van der Waals surface area contributed by atoms with Crippen molar-refractivity contribution < 1.29 is 4.79 Å². The highest BCUT2D eigenvalue weighted by Crippen LogP contribution is 2.19. The zero-order chi connectivity index (χ0) is 19.4. The topological polar surface area (TPSA) is 90.7 Å². The van der Waals surface area contributed by atoms with Crippen LogP contribution in [-0.4, -0.2) is 15.9 Å². The summed E-state index contributed by atoms with van der Waals surface area (Å²) in [7, 11) is 0. The van der Waals surface area contributed by atoms with Crippen molar-refractivity contribution in [1.82, 2.24) is 9.97 Å². The van der Waals surface area contributed by atoms with E-state index in [4.69, 9.17) is 5.26 Å². The number of benzene rings is 2. The number of carbonyl (C=O) groups excluding carboxylic acids is 1. The largest absolute Gasteiger partial charge is 0.340 e. The summed E-state index contributed by atoms with van der Waals surface area (Å²) in [5.74, 6) is 0.667. The Kier molecular flexibility index (Phi) is 5.13. The zero-order valence-corrected chi connectivity index (χ0v) is 15.4.